The maximum absolute atomic E-state index is 14.5. The van der Waals surface area contributed by atoms with E-state index in [2.05, 4.69) is 155 Å². The van der Waals surface area contributed by atoms with Gasteiger partial charge in [0.15, 0.2) is 14.8 Å². The summed E-state index contributed by atoms with van der Waals surface area (Å²) in [6, 6.07) is 63.0. The molecule has 1 N–H and O–H groups in total. The minimum absolute atomic E-state index is 0.159. The second-order valence-electron chi connectivity index (χ2n) is 14.7. The van der Waals surface area contributed by atoms with Crippen LogP contribution in [0.2, 0.25) is 0 Å². The lowest BCUT2D eigenvalue weighted by Gasteiger charge is -2.51. The van der Waals surface area contributed by atoms with Crippen LogP contribution in [-0.4, -0.2) is 29.3 Å². The molecule has 9 rings (SSSR count). The third-order valence-corrected chi connectivity index (χ3v) is 20.4. The van der Waals surface area contributed by atoms with Gasteiger partial charge in [-0.2, -0.15) is 4.52 Å². The molecule has 1 aliphatic heterocycles. The normalized spacial score (nSPS) is 15.0. The molecule has 9 heteroatoms. The summed E-state index contributed by atoms with van der Waals surface area (Å²) in [5, 5.41) is 20.9. The topological polar surface area (TPSA) is 69.7 Å². The predicted molar refractivity (Wildman–Crippen MR) is 236 cm³/mol. The van der Waals surface area contributed by atoms with Crippen molar-refractivity contribution in [1.29, 1.82) is 0 Å². The Morgan fingerprint density at radius 1 is 0.421 bits per heavy atom. The van der Waals surface area contributed by atoms with E-state index in [-0.39, 0.29) is 24.2 Å². The number of hydrogen-bond donors (Lipinski definition) is 1. The number of aromatic nitrogens is 2. The van der Waals surface area contributed by atoms with Gasteiger partial charge >= 0.3 is 0 Å². The van der Waals surface area contributed by atoms with Gasteiger partial charge in [-0.3, -0.25) is 9.59 Å². The first-order chi connectivity index (χ1) is 27.7. The number of benzene rings is 6. The molecule has 0 radical (unpaired) electrons. The molecule has 0 saturated heterocycles. The van der Waals surface area contributed by atoms with Crippen molar-refractivity contribution < 1.29 is 5.11 Å². The van der Waals surface area contributed by atoms with Crippen LogP contribution in [-0.2, 0) is 13.1 Å². The van der Waals surface area contributed by atoms with Crippen LogP contribution in [0.25, 0.3) is 0 Å². The summed E-state index contributed by atoms with van der Waals surface area (Å²) in [7, 11) is -6.11. The first kappa shape index (κ1) is 37.1. The van der Waals surface area contributed by atoms with Gasteiger partial charge in [-0.1, -0.05) is 109 Å². The fraction of sp³-hybridized carbons (Fsp3) is 0.125. The largest absolute Gasteiger partial charge is 0.358 e. The average molecular weight is 787 g/mol. The Morgan fingerprint density at radius 3 is 0.877 bits per heavy atom. The van der Waals surface area contributed by atoms with Crippen LogP contribution >= 0.6 is 14.8 Å². The number of nitrogens with zero attached hydrogens (tertiary/aromatic N) is 4. The molecule has 7 nitrogen and oxygen atoms in total. The van der Waals surface area contributed by atoms with Gasteiger partial charge in [0.2, 0.25) is 5.85 Å². The molecule has 0 unspecified atom stereocenters. The van der Waals surface area contributed by atoms with E-state index in [1.165, 1.54) is 4.52 Å². The summed E-state index contributed by atoms with van der Waals surface area (Å²) in [5.41, 5.74) is 1.69. The van der Waals surface area contributed by atoms with Crippen LogP contribution in [0, 0.1) is 13.8 Å². The first-order valence-corrected chi connectivity index (χ1v) is 22.7. The van der Waals surface area contributed by atoms with Gasteiger partial charge < -0.3 is 5.11 Å². The minimum Gasteiger partial charge on any atom is -0.358 e. The first-order valence-electron chi connectivity index (χ1n) is 19.2. The van der Waals surface area contributed by atoms with Crippen molar-refractivity contribution in [3.63, 3.8) is 0 Å². The molecule has 0 amide bonds. The van der Waals surface area contributed by atoms with Crippen LogP contribution in [0.4, 0.5) is 0 Å². The van der Waals surface area contributed by atoms with E-state index in [4.69, 9.17) is 0 Å². The van der Waals surface area contributed by atoms with Gasteiger partial charge in [0.05, 0.1) is 24.5 Å². The summed E-state index contributed by atoms with van der Waals surface area (Å²) in [6.07, 6.45) is 0. The Morgan fingerprint density at radius 2 is 0.649 bits per heavy atom. The molecule has 1 aliphatic rings. The maximum Gasteiger partial charge on any atom is 0.277 e. The molecular weight excluding hydrogens is 743 g/mol. The molecule has 2 aromatic heterocycles. The second-order valence-corrected chi connectivity index (χ2v) is 21.4. The summed E-state index contributed by atoms with van der Waals surface area (Å²) in [6.45, 7) is 5.88. The molecule has 57 heavy (non-hydrogen) atoms. The Hall–Kier alpha value is -5.52. The van der Waals surface area contributed by atoms with Crippen molar-refractivity contribution in [1.82, 2.24) is 18.4 Å². The predicted octanol–water partition coefficient (Wildman–Crippen LogP) is 5.92. The van der Waals surface area contributed by atoms with Gasteiger partial charge in [0, 0.05) is 11.1 Å². The lowest BCUT2D eigenvalue weighted by Crippen LogP contribution is -2.64. The quantitative estimate of drug-likeness (QED) is 0.194. The molecule has 0 saturated carbocycles. The smallest absolute Gasteiger partial charge is 0.277 e. The Labute approximate surface area is 333 Å². The van der Waals surface area contributed by atoms with Crippen molar-refractivity contribution in [3.8, 4) is 0 Å². The van der Waals surface area contributed by atoms with E-state index in [9.17, 15) is 14.7 Å². The zero-order valence-corrected chi connectivity index (χ0v) is 34.0. The molecule has 0 bridgehead atoms. The lowest BCUT2D eigenvalue weighted by molar-refractivity contribution is -0.137. The Bertz CT molecular complexity index is 2400. The summed E-state index contributed by atoms with van der Waals surface area (Å²) < 4.78 is 7.76. The number of hydrogen-bond acceptors (Lipinski definition) is 5. The third-order valence-electron chi connectivity index (χ3n) is 11.7. The summed E-state index contributed by atoms with van der Waals surface area (Å²) >= 11 is 0. The molecule has 0 fully saturated rings. The van der Waals surface area contributed by atoms with Crippen LogP contribution in [0.5, 0.6) is 0 Å². The van der Waals surface area contributed by atoms with E-state index < -0.39 is 20.7 Å². The number of aliphatic hydroxyl groups is 1. The second kappa shape index (κ2) is 14.5. The van der Waals surface area contributed by atoms with Gasteiger partial charge in [0.1, 0.15) is 31.8 Å². The van der Waals surface area contributed by atoms with Gasteiger partial charge in [-0.15, -0.1) is 9.34 Å². The molecule has 282 valence electrons. The van der Waals surface area contributed by atoms with Crippen molar-refractivity contribution in [2.24, 2.45) is 0 Å². The van der Waals surface area contributed by atoms with Crippen LogP contribution in [0.1, 0.15) is 29.4 Å². The minimum atomic E-state index is -3.06. The SMILES string of the molecule is Cc1c2n3c(c(C)c(=O)n3c1=O)CN([P+](c1ccccc1)(c1ccccc1)c1ccccc1)C(C)(O)N([P+](c1ccccc1)(c1ccccc1)c1ccccc1)C2. The van der Waals surface area contributed by atoms with Crippen molar-refractivity contribution >= 4 is 46.7 Å². The highest BCUT2D eigenvalue weighted by Crippen LogP contribution is 2.68. The molecule has 0 atom stereocenters. The average Bonchev–Trinajstić information content (AvgIpc) is 3.65. The van der Waals surface area contributed by atoms with Crippen molar-refractivity contribution in [2.45, 2.75) is 39.7 Å². The van der Waals surface area contributed by atoms with E-state index in [1.807, 2.05) is 61.7 Å². The monoisotopic (exact) mass is 786 g/mol. The molecule has 0 spiro atoms. The van der Waals surface area contributed by atoms with Gasteiger partial charge in [-0.05, 0) is 93.6 Å². The van der Waals surface area contributed by atoms with Gasteiger partial charge in [-0.25, -0.2) is 4.52 Å². The Balaban J connectivity index is 1.51. The highest BCUT2D eigenvalue weighted by atomic mass is 31.2. The lowest BCUT2D eigenvalue weighted by atomic mass is 10.2. The highest BCUT2D eigenvalue weighted by Gasteiger charge is 2.67. The maximum atomic E-state index is 14.5. The summed E-state index contributed by atoms with van der Waals surface area (Å²) in [5.74, 6) is -1.75. The fourth-order valence-electron chi connectivity index (χ4n) is 9.02. The molecule has 8 aromatic rings. The number of rotatable bonds is 8. The van der Waals surface area contributed by atoms with Crippen LogP contribution in [0.3, 0.4) is 0 Å². The summed E-state index contributed by atoms with van der Waals surface area (Å²) in [4.78, 5) is 28.6. The van der Waals surface area contributed by atoms with Crippen molar-refractivity contribution in [3.05, 3.63) is 225 Å². The molecular formula is C48H44N4O3P2+2. The zero-order valence-electron chi connectivity index (χ0n) is 32.2. The van der Waals surface area contributed by atoms with E-state index in [1.54, 1.807) is 0 Å². The molecule has 0 aliphatic carbocycles. The fourth-order valence-corrected chi connectivity index (χ4v) is 18.2. The highest BCUT2D eigenvalue weighted by molar-refractivity contribution is 7.94. The van der Waals surface area contributed by atoms with Gasteiger partial charge in [0.25, 0.3) is 11.1 Å². The standard InChI is InChI=1S/C48H44N4O3P2/c1-36-44-34-49(56(38-22-10-4-11-23-38,39-24-12-5-13-25-39)40-26-14-6-15-27-40)48(3,55)50(35-45-37(2)47(54)52(46(36)53)51(44)45)57(41-28-16-7-17-29-41,42-30-18-8-19-31-42)43-32-20-9-21-33-43/h4-33,55H,34-35H2,1-3H3/q+2. The molecule has 3 heterocycles. The van der Waals surface area contributed by atoms with E-state index >= 15 is 0 Å². The molecule has 6 aromatic carbocycles. The van der Waals surface area contributed by atoms with Crippen molar-refractivity contribution in [2.75, 3.05) is 0 Å². The third kappa shape index (κ3) is 5.53. The Kier molecular flexibility index (Phi) is 9.40. The van der Waals surface area contributed by atoms with Crippen LogP contribution < -0.4 is 42.9 Å². The van der Waals surface area contributed by atoms with E-state index in [0.717, 1.165) is 31.8 Å². The van der Waals surface area contributed by atoms with Crippen LogP contribution in [0.15, 0.2) is 192 Å². The van der Waals surface area contributed by atoms with E-state index in [0.29, 0.717) is 22.5 Å². The zero-order chi connectivity index (χ0) is 39.4.